The van der Waals surface area contributed by atoms with Gasteiger partial charge in [-0.25, -0.2) is 4.57 Å². The lowest BCUT2D eigenvalue weighted by Crippen LogP contribution is -2.34. The lowest BCUT2D eigenvalue weighted by atomic mass is 9.97. The summed E-state index contributed by atoms with van der Waals surface area (Å²) in [4.78, 5) is 0. The van der Waals surface area contributed by atoms with E-state index in [-0.39, 0.29) is 0 Å². The zero-order valence-corrected chi connectivity index (χ0v) is 38.0. The first-order valence-electron chi connectivity index (χ1n) is 25.8. The molecule has 1 aromatic heterocycles. The molecule has 1 heteroatoms. The molecule has 1 nitrogen and oxygen atoms in total. The highest BCUT2D eigenvalue weighted by molar-refractivity contribution is 5.21. The number of unbranched alkanes of at least 4 members (excludes halogenated alkanes) is 39. The van der Waals surface area contributed by atoms with Gasteiger partial charge in [-0.15, -0.1) is 0 Å². The molecule has 0 atom stereocenters. The Morgan fingerprint density at radius 1 is 0.278 bits per heavy atom. The summed E-state index contributed by atoms with van der Waals surface area (Å²) in [5.41, 5.74) is 3.34. The van der Waals surface area contributed by atoms with Gasteiger partial charge in [0.1, 0.15) is 6.54 Å². The first-order valence-corrected chi connectivity index (χ1v) is 25.8. The molecule has 0 aliphatic carbocycles. The quantitative estimate of drug-likeness (QED) is 0.0461. The summed E-state index contributed by atoms with van der Waals surface area (Å²) in [7, 11) is 0. The number of hydrogen-bond acceptors (Lipinski definition) is 0. The van der Waals surface area contributed by atoms with E-state index >= 15 is 0 Å². The number of nitrogens with zero attached hydrogens (tertiary/aromatic N) is 1. The number of rotatable bonds is 45. The second-order valence-corrected chi connectivity index (χ2v) is 18.0. The van der Waals surface area contributed by atoms with Crippen molar-refractivity contribution in [1.29, 1.82) is 0 Å². The van der Waals surface area contributed by atoms with E-state index in [0.29, 0.717) is 0 Å². The first kappa shape index (κ1) is 51.2. The lowest BCUT2D eigenvalue weighted by Gasteiger charge is -2.10. The molecule has 0 aromatic carbocycles. The summed E-state index contributed by atoms with van der Waals surface area (Å²) in [5.74, 6) is 0. The number of hydrogen-bond donors (Lipinski definition) is 0. The van der Waals surface area contributed by atoms with Gasteiger partial charge in [0, 0.05) is 18.1 Å². The molecule has 0 fully saturated rings. The van der Waals surface area contributed by atoms with E-state index < -0.39 is 0 Å². The van der Waals surface area contributed by atoms with Crippen LogP contribution < -0.4 is 4.57 Å². The first-order chi connectivity index (χ1) is 26.8. The van der Waals surface area contributed by atoms with Gasteiger partial charge >= 0.3 is 0 Å². The van der Waals surface area contributed by atoms with Gasteiger partial charge in [0.15, 0.2) is 12.4 Å². The molecule has 1 aromatic rings. The van der Waals surface area contributed by atoms with Crippen molar-refractivity contribution in [2.45, 2.75) is 310 Å². The fourth-order valence-corrected chi connectivity index (χ4v) is 8.74. The maximum atomic E-state index is 2.57. The maximum absolute atomic E-state index is 2.57. The molecule has 0 amide bonds. The van der Waals surface area contributed by atoms with E-state index in [9.17, 15) is 0 Å². The Morgan fingerprint density at radius 3 is 0.815 bits per heavy atom. The van der Waals surface area contributed by atoms with Crippen LogP contribution in [0.25, 0.3) is 0 Å². The Bertz CT molecular complexity index is 844. The molecule has 0 N–H and O–H groups in total. The Labute approximate surface area is 342 Å². The second-order valence-electron chi connectivity index (χ2n) is 18.0. The normalized spacial score (nSPS) is 11.6. The van der Waals surface area contributed by atoms with Gasteiger partial charge in [-0.2, -0.15) is 0 Å². The molecule has 0 aliphatic rings. The molecule has 1 heterocycles. The van der Waals surface area contributed by atoms with E-state index in [0.717, 1.165) is 0 Å². The summed E-state index contributed by atoms with van der Waals surface area (Å²) < 4.78 is 2.54. The van der Waals surface area contributed by atoms with E-state index in [4.69, 9.17) is 0 Å². The van der Waals surface area contributed by atoms with Crippen LogP contribution in [0, 0.1) is 0 Å². The molecule has 0 unspecified atom stereocenters. The predicted octanol–water partition coefficient (Wildman–Crippen LogP) is 18.5. The largest absolute Gasteiger partial charge is 0.205 e. The third kappa shape index (κ3) is 35.6. The van der Waals surface area contributed by atoms with Crippen LogP contribution in [0.4, 0.5) is 0 Å². The summed E-state index contributed by atoms with van der Waals surface area (Å²) in [6, 6.07) is 2.51. The molecular formula is C53H102N+. The van der Waals surface area contributed by atoms with Crippen LogP contribution in [0.2, 0.25) is 0 Å². The van der Waals surface area contributed by atoms with E-state index in [2.05, 4.69) is 43.8 Å². The smallest absolute Gasteiger partial charge is 0.172 e. The zero-order valence-electron chi connectivity index (χ0n) is 38.0. The highest BCUT2D eigenvalue weighted by Gasteiger charge is 2.10. The number of pyridine rings is 1. The zero-order chi connectivity index (χ0) is 38.7. The maximum Gasteiger partial charge on any atom is 0.172 e. The molecule has 54 heavy (non-hydrogen) atoms. The Kier molecular flexibility index (Phi) is 41.0. The molecular weight excluding hydrogens is 651 g/mol. The fraction of sp³-hybridized carbons (Fsp3) is 0.906. The molecule has 0 saturated heterocycles. The van der Waals surface area contributed by atoms with Crippen molar-refractivity contribution in [3.05, 3.63) is 29.6 Å². The van der Waals surface area contributed by atoms with Gasteiger partial charge in [0.05, 0.1) is 0 Å². The van der Waals surface area contributed by atoms with E-state index in [1.165, 1.54) is 289 Å². The van der Waals surface area contributed by atoms with Gasteiger partial charge < -0.3 is 0 Å². The van der Waals surface area contributed by atoms with Crippen molar-refractivity contribution in [2.24, 2.45) is 0 Å². The molecule has 0 saturated carbocycles. The van der Waals surface area contributed by atoms with Crippen LogP contribution in [0.5, 0.6) is 0 Å². The van der Waals surface area contributed by atoms with Crippen LogP contribution >= 0.6 is 0 Å². The minimum atomic E-state index is 1.21. The van der Waals surface area contributed by atoms with Crippen LogP contribution in [0.3, 0.4) is 0 Å². The molecule has 0 bridgehead atoms. The van der Waals surface area contributed by atoms with Gasteiger partial charge in [-0.05, 0) is 37.7 Å². The summed E-state index contributed by atoms with van der Waals surface area (Å²) in [6.45, 7) is 8.16. The molecule has 318 valence electrons. The van der Waals surface area contributed by atoms with Crippen LogP contribution in [-0.4, -0.2) is 0 Å². The molecule has 1 rings (SSSR count). The summed E-state index contributed by atoms with van der Waals surface area (Å²) in [6.07, 6.45) is 68.3. The van der Waals surface area contributed by atoms with E-state index in [1.807, 2.05) is 0 Å². The van der Waals surface area contributed by atoms with Gasteiger partial charge in [-0.1, -0.05) is 265 Å². The molecule has 0 aliphatic heterocycles. The van der Waals surface area contributed by atoms with Crippen molar-refractivity contribution >= 4 is 0 Å². The van der Waals surface area contributed by atoms with Gasteiger partial charge in [0.2, 0.25) is 0 Å². The Morgan fingerprint density at radius 2 is 0.519 bits per heavy atom. The molecule has 0 radical (unpaired) electrons. The summed E-state index contributed by atoms with van der Waals surface area (Å²) in [5, 5.41) is 0. The lowest BCUT2D eigenvalue weighted by molar-refractivity contribution is -0.697. The predicted molar refractivity (Wildman–Crippen MR) is 245 cm³/mol. The van der Waals surface area contributed by atoms with Crippen molar-refractivity contribution in [3.63, 3.8) is 0 Å². The highest BCUT2D eigenvalue weighted by atomic mass is 14.9. The highest BCUT2D eigenvalue weighted by Crippen LogP contribution is 2.19. The third-order valence-corrected chi connectivity index (χ3v) is 12.6. The SMILES string of the molecule is CCCCCCCCCCCCCCCCCCCc1cc[n+](CCCCCCCCCC)cc1CCCCCCCCCCCCCCCCCCC. The molecule has 0 spiro atoms. The van der Waals surface area contributed by atoms with Crippen molar-refractivity contribution < 1.29 is 4.57 Å². The van der Waals surface area contributed by atoms with Gasteiger partial charge in [-0.3, -0.25) is 0 Å². The van der Waals surface area contributed by atoms with Crippen molar-refractivity contribution in [1.82, 2.24) is 0 Å². The van der Waals surface area contributed by atoms with Crippen LogP contribution in [0.1, 0.15) is 302 Å². The average molecular weight is 753 g/mol. The summed E-state index contributed by atoms with van der Waals surface area (Å²) >= 11 is 0. The number of aryl methyl sites for hydroxylation is 3. The van der Waals surface area contributed by atoms with Crippen LogP contribution in [-0.2, 0) is 19.4 Å². The Hall–Kier alpha value is -0.850. The minimum absolute atomic E-state index is 1.21. The van der Waals surface area contributed by atoms with Crippen molar-refractivity contribution in [3.8, 4) is 0 Å². The topological polar surface area (TPSA) is 3.88 Å². The fourth-order valence-electron chi connectivity index (χ4n) is 8.74. The minimum Gasteiger partial charge on any atom is -0.205 e. The standard InChI is InChI=1S/C53H102N/c1-4-7-10-13-16-19-21-23-25-27-29-31-33-35-37-40-43-46-52-48-50-54(49-45-42-39-18-15-12-9-6-3)51-53(52)47-44-41-38-36-34-32-30-28-26-24-22-20-17-14-11-8-5-2/h48,50-51H,4-47,49H2,1-3H3/q+1. The van der Waals surface area contributed by atoms with Crippen molar-refractivity contribution in [2.75, 3.05) is 0 Å². The monoisotopic (exact) mass is 753 g/mol. The second kappa shape index (κ2) is 43.3. The number of aromatic nitrogens is 1. The van der Waals surface area contributed by atoms with E-state index in [1.54, 1.807) is 11.1 Å². The van der Waals surface area contributed by atoms with Gasteiger partial charge in [0.25, 0.3) is 0 Å². The Balaban J connectivity index is 2.22. The average Bonchev–Trinajstić information content (AvgIpc) is 3.18. The van der Waals surface area contributed by atoms with Crippen LogP contribution in [0.15, 0.2) is 18.5 Å². The third-order valence-electron chi connectivity index (χ3n) is 12.6.